The molecule has 0 aliphatic carbocycles. The second-order valence-electron chi connectivity index (χ2n) is 4.74. The number of aliphatic hydroxyl groups is 1. The maximum Gasteiger partial charge on any atom is 0.245 e. The van der Waals surface area contributed by atoms with E-state index in [-0.39, 0.29) is 29.7 Å². The molecule has 0 radical (unpaired) electrons. The number of nitrogens with two attached hydrogens (primary N) is 1. The molecule has 1 unspecified atom stereocenters. The van der Waals surface area contributed by atoms with Gasteiger partial charge in [-0.2, -0.15) is 4.31 Å². The molecule has 0 bridgehead atoms. The van der Waals surface area contributed by atoms with E-state index in [0.717, 1.165) is 18.6 Å². The van der Waals surface area contributed by atoms with Gasteiger partial charge in [-0.15, -0.1) is 0 Å². The van der Waals surface area contributed by atoms with E-state index in [4.69, 9.17) is 10.8 Å². The molecule has 3 N–H and O–H groups in total. The fraction of sp³-hybridized carbons (Fsp3) is 0.500. The molecule has 7 heteroatoms. The molecule has 1 heterocycles. The summed E-state index contributed by atoms with van der Waals surface area (Å²) in [6.45, 7) is 0.564. The van der Waals surface area contributed by atoms with Gasteiger partial charge in [0.25, 0.3) is 0 Å². The number of halogens is 1. The number of rotatable bonds is 3. The quantitative estimate of drug-likeness (QED) is 0.806. The Bertz CT molecular complexity index is 562. The Hall–Kier alpha value is -1.18. The number of hydrogen-bond acceptors (Lipinski definition) is 4. The number of benzene rings is 1. The zero-order valence-corrected chi connectivity index (χ0v) is 11.2. The van der Waals surface area contributed by atoms with Crippen LogP contribution in [0.5, 0.6) is 0 Å². The molecule has 1 aliphatic heterocycles. The molecule has 0 aromatic heterocycles. The lowest BCUT2D eigenvalue weighted by Gasteiger charge is -2.31. The van der Waals surface area contributed by atoms with E-state index < -0.39 is 15.8 Å². The summed E-state index contributed by atoms with van der Waals surface area (Å²) < 4.78 is 39.3. The SMILES string of the molecule is Nc1ccc(F)cc1S(=O)(=O)N1CCCC(CO)C1. The Kier molecular flexibility index (Phi) is 4.07. The van der Waals surface area contributed by atoms with Crippen LogP contribution in [-0.4, -0.2) is 37.5 Å². The van der Waals surface area contributed by atoms with Crippen LogP contribution in [0.25, 0.3) is 0 Å². The second kappa shape index (κ2) is 5.44. The van der Waals surface area contributed by atoms with Gasteiger partial charge in [0.1, 0.15) is 10.7 Å². The normalized spacial score (nSPS) is 21.5. The largest absolute Gasteiger partial charge is 0.398 e. The summed E-state index contributed by atoms with van der Waals surface area (Å²) in [5.41, 5.74) is 5.66. The zero-order chi connectivity index (χ0) is 14.0. The average molecular weight is 288 g/mol. The summed E-state index contributed by atoms with van der Waals surface area (Å²) in [5, 5.41) is 9.14. The lowest BCUT2D eigenvalue weighted by atomic mass is 10.0. The lowest BCUT2D eigenvalue weighted by molar-refractivity contribution is 0.165. The van der Waals surface area contributed by atoms with Gasteiger partial charge in [-0.1, -0.05) is 0 Å². The van der Waals surface area contributed by atoms with Crippen LogP contribution < -0.4 is 5.73 Å². The van der Waals surface area contributed by atoms with Gasteiger partial charge in [0.2, 0.25) is 10.0 Å². The van der Waals surface area contributed by atoms with E-state index in [1.54, 1.807) is 0 Å². The van der Waals surface area contributed by atoms with E-state index in [0.29, 0.717) is 13.0 Å². The first-order chi connectivity index (χ1) is 8.95. The number of piperidine rings is 1. The summed E-state index contributed by atoms with van der Waals surface area (Å²) in [7, 11) is -3.80. The Morgan fingerprint density at radius 2 is 2.21 bits per heavy atom. The van der Waals surface area contributed by atoms with Crippen molar-refractivity contribution in [1.29, 1.82) is 0 Å². The standard InChI is InChI=1S/C12H17FN2O3S/c13-10-3-4-11(14)12(6-10)19(17,18)15-5-1-2-9(7-15)8-16/h3-4,6,9,16H,1-2,5,7-8,14H2. The number of hydrogen-bond donors (Lipinski definition) is 2. The number of nitrogens with zero attached hydrogens (tertiary/aromatic N) is 1. The molecule has 0 amide bonds. The highest BCUT2D eigenvalue weighted by Crippen LogP contribution is 2.27. The summed E-state index contributed by atoms with van der Waals surface area (Å²) in [6.07, 6.45) is 1.47. The third kappa shape index (κ3) is 2.88. The Labute approximate surface area is 111 Å². The summed E-state index contributed by atoms with van der Waals surface area (Å²) in [4.78, 5) is -0.203. The van der Waals surface area contributed by atoms with Gasteiger partial charge in [0, 0.05) is 19.7 Å². The van der Waals surface area contributed by atoms with Crippen molar-refractivity contribution in [3.8, 4) is 0 Å². The van der Waals surface area contributed by atoms with Gasteiger partial charge >= 0.3 is 0 Å². The van der Waals surface area contributed by atoms with Crippen molar-refractivity contribution in [3.63, 3.8) is 0 Å². The fourth-order valence-electron chi connectivity index (χ4n) is 2.26. The molecule has 1 saturated heterocycles. The lowest BCUT2D eigenvalue weighted by Crippen LogP contribution is -2.41. The van der Waals surface area contributed by atoms with E-state index in [1.165, 1.54) is 10.4 Å². The van der Waals surface area contributed by atoms with Crippen LogP contribution in [0.2, 0.25) is 0 Å². The molecular formula is C12H17FN2O3S. The van der Waals surface area contributed by atoms with Crippen molar-refractivity contribution >= 4 is 15.7 Å². The Balaban J connectivity index is 2.34. The maximum atomic E-state index is 13.2. The molecule has 1 aromatic rings. The molecule has 1 aliphatic rings. The number of sulfonamides is 1. The monoisotopic (exact) mass is 288 g/mol. The molecule has 106 valence electrons. The molecule has 5 nitrogen and oxygen atoms in total. The minimum absolute atomic E-state index is 0.0347. The summed E-state index contributed by atoms with van der Waals surface area (Å²) in [6, 6.07) is 3.31. The molecular weight excluding hydrogens is 271 g/mol. The molecule has 0 saturated carbocycles. The van der Waals surface area contributed by atoms with Gasteiger partial charge in [0.15, 0.2) is 0 Å². The van der Waals surface area contributed by atoms with Crippen molar-refractivity contribution in [3.05, 3.63) is 24.0 Å². The van der Waals surface area contributed by atoms with Crippen molar-refractivity contribution in [2.75, 3.05) is 25.4 Å². The van der Waals surface area contributed by atoms with Crippen LogP contribution in [-0.2, 0) is 10.0 Å². The highest BCUT2D eigenvalue weighted by Gasteiger charge is 2.31. The maximum absolute atomic E-state index is 13.2. The first-order valence-electron chi connectivity index (χ1n) is 6.11. The Morgan fingerprint density at radius 3 is 2.89 bits per heavy atom. The van der Waals surface area contributed by atoms with Crippen LogP contribution in [0.3, 0.4) is 0 Å². The number of anilines is 1. The average Bonchev–Trinajstić information content (AvgIpc) is 2.41. The van der Waals surface area contributed by atoms with Gasteiger partial charge in [-0.3, -0.25) is 0 Å². The minimum atomic E-state index is -3.80. The van der Waals surface area contributed by atoms with E-state index in [9.17, 15) is 12.8 Å². The van der Waals surface area contributed by atoms with E-state index in [2.05, 4.69) is 0 Å². The third-order valence-electron chi connectivity index (χ3n) is 3.33. The molecule has 0 spiro atoms. The smallest absolute Gasteiger partial charge is 0.245 e. The molecule has 19 heavy (non-hydrogen) atoms. The predicted octanol–water partition coefficient (Wildman–Crippen LogP) is 0.801. The van der Waals surface area contributed by atoms with Crippen LogP contribution in [0.15, 0.2) is 23.1 Å². The van der Waals surface area contributed by atoms with Crippen LogP contribution in [0, 0.1) is 11.7 Å². The van der Waals surface area contributed by atoms with Crippen LogP contribution in [0.4, 0.5) is 10.1 Å². The first kappa shape index (κ1) is 14.2. The minimum Gasteiger partial charge on any atom is -0.398 e. The molecule has 1 atom stereocenters. The second-order valence-corrected chi connectivity index (χ2v) is 6.64. The van der Waals surface area contributed by atoms with Gasteiger partial charge < -0.3 is 10.8 Å². The molecule has 2 rings (SSSR count). The topological polar surface area (TPSA) is 83.6 Å². The number of nitrogen functional groups attached to an aromatic ring is 1. The summed E-state index contributed by atoms with van der Waals surface area (Å²) in [5.74, 6) is -0.707. The molecule has 1 aromatic carbocycles. The van der Waals surface area contributed by atoms with Crippen molar-refractivity contribution in [2.24, 2.45) is 5.92 Å². The van der Waals surface area contributed by atoms with Crippen LogP contribution >= 0.6 is 0 Å². The van der Waals surface area contributed by atoms with Crippen molar-refractivity contribution < 1.29 is 17.9 Å². The Morgan fingerprint density at radius 1 is 1.47 bits per heavy atom. The fourth-order valence-corrected chi connectivity index (χ4v) is 3.95. The highest BCUT2D eigenvalue weighted by atomic mass is 32.2. The van der Waals surface area contributed by atoms with E-state index in [1.807, 2.05) is 0 Å². The van der Waals surface area contributed by atoms with Gasteiger partial charge in [0.05, 0.1) is 5.69 Å². The molecule has 1 fully saturated rings. The third-order valence-corrected chi connectivity index (χ3v) is 5.25. The zero-order valence-electron chi connectivity index (χ0n) is 10.4. The van der Waals surface area contributed by atoms with Gasteiger partial charge in [-0.05, 0) is 37.0 Å². The first-order valence-corrected chi connectivity index (χ1v) is 7.55. The summed E-state index contributed by atoms with van der Waals surface area (Å²) >= 11 is 0. The van der Waals surface area contributed by atoms with E-state index >= 15 is 0 Å². The highest BCUT2D eigenvalue weighted by molar-refractivity contribution is 7.89. The van der Waals surface area contributed by atoms with Crippen molar-refractivity contribution in [2.45, 2.75) is 17.7 Å². The van der Waals surface area contributed by atoms with Crippen molar-refractivity contribution in [1.82, 2.24) is 4.31 Å². The van der Waals surface area contributed by atoms with Crippen LogP contribution in [0.1, 0.15) is 12.8 Å². The predicted molar refractivity (Wildman–Crippen MR) is 69.4 cm³/mol. The van der Waals surface area contributed by atoms with Gasteiger partial charge in [-0.25, -0.2) is 12.8 Å². The number of aliphatic hydroxyl groups excluding tert-OH is 1.